The minimum atomic E-state index is -4.10. The molecule has 1 rings (SSSR count). The van der Waals surface area contributed by atoms with Gasteiger partial charge in [0.1, 0.15) is 0 Å². The molecule has 16 heavy (non-hydrogen) atoms. The average molecular weight is 233 g/mol. The number of nitrogens with two attached hydrogens (primary N) is 1. The van der Waals surface area contributed by atoms with E-state index in [1.54, 1.807) is 18.2 Å². The van der Waals surface area contributed by atoms with Crippen LogP contribution in [0.3, 0.4) is 0 Å². The molecule has 0 saturated heterocycles. The number of hydrogen-bond acceptors (Lipinski definition) is 2. The SMILES string of the molecule is Nc1cccc(COCCCC(F)(F)F)c1. The first-order chi connectivity index (χ1) is 7.47. The summed E-state index contributed by atoms with van der Waals surface area (Å²) in [5.74, 6) is 0. The topological polar surface area (TPSA) is 35.2 Å². The van der Waals surface area contributed by atoms with E-state index in [4.69, 9.17) is 10.5 Å². The Morgan fingerprint density at radius 3 is 2.62 bits per heavy atom. The first kappa shape index (κ1) is 12.8. The summed E-state index contributed by atoms with van der Waals surface area (Å²) in [5, 5.41) is 0. The zero-order valence-electron chi connectivity index (χ0n) is 8.76. The Hall–Kier alpha value is -1.23. The molecule has 5 heteroatoms. The van der Waals surface area contributed by atoms with Gasteiger partial charge in [-0.2, -0.15) is 13.2 Å². The predicted octanol–water partition coefficient (Wildman–Crippen LogP) is 3.13. The number of rotatable bonds is 5. The molecule has 0 aliphatic heterocycles. The maximum atomic E-state index is 11.8. The number of halogens is 3. The third-order valence-electron chi connectivity index (χ3n) is 1.97. The van der Waals surface area contributed by atoms with Gasteiger partial charge in [0.05, 0.1) is 6.61 Å². The second-order valence-corrected chi connectivity index (χ2v) is 3.52. The minimum Gasteiger partial charge on any atom is -0.399 e. The zero-order chi connectivity index (χ0) is 12.0. The lowest BCUT2D eigenvalue weighted by atomic mass is 10.2. The molecule has 0 unspecified atom stereocenters. The molecule has 1 aromatic rings. The normalized spacial score (nSPS) is 11.7. The van der Waals surface area contributed by atoms with Crippen LogP contribution in [0.2, 0.25) is 0 Å². The molecule has 90 valence electrons. The van der Waals surface area contributed by atoms with E-state index in [1.807, 2.05) is 6.07 Å². The summed E-state index contributed by atoms with van der Waals surface area (Å²) in [4.78, 5) is 0. The van der Waals surface area contributed by atoms with Crippen molar-refractivity contribution in [3.63, 3.8) is 0 Å². The van der Waals surface area contributed by atoms with Crippen molar-refractivity contribution in [2.75, 3.05) is 12.3 Å². The van der Waals surface area contributed by atoms with E-state index in [2.05, 4.69) is 0 Å². The molecule has 0 saturated carbocycles. The first-order valence-electron chi connectivity index (χ1n) is 4.96. The monoisotopic (exact) mass is 233 g/mol. The van der Waals surface area contributed by atoms with Crippen LogP contribution in [-0.2, 0) is 11.3 Å². The van der Waals surface area contributed by atoms with Crippen LogP contribution in [-0.4, -0.2) is 12.8 Å². The van der Waals surface area contributed by atoms with Gasteiger partial charge < -0.3 is 10.5 Å². The van der Waals surface area contributed by atoms with Crippen LogP contribution >= 0.6 is 0 Å². The fourth-order valence-corrected chi connectivity index (χ4v) is 1.25. The summed E-state index contributed by atoms with van der Waals surface area (Å²) in [6.07, 6.45) is -4.91. The number of anilines is 1. The molecule has 0 spiro atoms. The molecule has 0 aromatic heterocycles. The van der Waals surface area contributed by atoms with Crippen molar-refractivity contribution < 1.29 is 17.9 Å². The summed E-state index contributed by atoms with van der Waals surface area (Å²) in [7, 11) is 0. The van der Waals surface area contributed by atoms with Crippen LogP contribution in [0.4, 0.5) is 18.9 Å². The van der Waals surface area contributed by atoms with Gasteiger partial charge in [0.2, 0.25) is 0 Å². The van der Waals surface area contributed by atoms with Crippen LogP contribution in [0.25, 0.3) is 0 Å². The summed E-state index contributed by atoms with van der Waals surface area (Å²) in [5.41, 5.74) is 7.03. The molecule has 0 amide bonds. The van der Waals surface area contributed by atoms with E-state index in [9.17, 15) is 13.2 Å². The van der Waals surface area contributed by atoms with Gasteiger partial charge in [-0.15, -0.1) is 0 Å². The van der Waals surface area contributed by atoms with Crippen LogP contribution in [0.1, 0.15) is 18.4 Å². The van der Waals surface area contributed by atoms with Crippen LogP contribution < -0.4 is 5.73 Å². The summed E-state index contributed by atoms with van der Waals surface area (Å²) in [6.45, 7) is 0.400. The average Bonchev–Trinajstić information content (AvgIpc) is 2.15. The van der Waals surface area contributed by atoms with Gasteiger partial charge in [-0.1, -0.05) is 12.1 Å². The Morgan fingerprint density at radius 2 is 2.00 bits per heavy atom. The maximum absolute atomic E-state index is 11.8. The van der Waals surface area contributed by atoms with Crippen molar-refractivity contribution in [1.29, 1.82) is 0 Å². The van der Waals surface area contributed by atoms with E-state index in [-0.39, 0.29) is 13.0 Å². The Balaban J connectivity index is 2.17. The van der Waals surface area contributed by atoms with Gasteiger partial charge in [0.15, 0.2) is 0 Å². The molecule has 0 bridgehead atoms. The highest BCUT2D eigenvalue weighted by Gasteiger charge is 2.25. The van der Waals surface area contributed by atoms with E-state index in [0.717, 1.165) is 5.56 Å². The third-order valence-corrected chi connectivity index (χ3v) is 1.97. The molecule has 0 aliphatic carbocycles. The number of alkyl halides is 3. The highest BCUT2D eigenvalue weighted by atomic mass is 19.4. The van der Waals surface area contributed by atoms with E-state index in [0.29, 0.717) is 12.3 Å². The molecule has 2 nitrogen and oxygen atoms in total. The minimum absolute atomic E-state index is 0.00812. The van der Waals surface area contributed by atoms with Gasteiger partial charge in [-0.05, 0) is 24.1 Å². The quantitative estimate of drug-likeness (QED) is 0.626. The molecule has 2 N–H and O–H groups in total. The van der Waals surface area contributed by atoms with Crippen LogP contribution in [0.5, 0.6) is 0 Å². The molecule has 0 radical (unpaired) electrons. The van der Waals surface area contributed by atoms with Gasteiger partial charge >= 0.3 is 6.18 Å². The highest BCUT2D eigenvalue weighted by molar-refractivity contribution is 5.40. The van der Waals surface area contributed by atoms with E-state index in [1.165, 1.54) is 0 Å². The van der Waals surface area contributed by atoms with Crippen molar-refractivity contribution in [1.82, 2.24) is 0 Å². The molecule has 0 fully saturated rings. The number of benzene rings is 1. The Bertz CT molecular complexity index is 325. The van der Waals surface area contributed by atoms with Crippen molar-refractivity contribution in [2.24, 2.45) is 0 Å². The summed E-state index contributed by atoms with van der Waals surface area (Å²) in [6, 6.07) is 7.08. The van der Waals surface area contributed by atoms with Crippen molar-refractivity contribution >= 4 is 5.69 Å². The van der Waals surface area contributed by atoms with E-state index < -0.39 is 12.6 Å². The second kappa shape index (κ2) is 5.75. The molecular weight excluding hydrogens is 219 g/mol. The Morgan fingerprint density at radius 1 is 1.25 bits per heavy atom. The predicted molar refractivity (Wildman–Crippen MR) is 55.8 cm³/mol. The van der Waals surface area contributed by atoms with Gasteiger partial charge in [0.25, 0.3) is 0 Å². The first-order valence-corrected chi connectivity index (χ1v) is 4.96. The molecule has 1 aromatic carbocycles. The second-order valence-electron chi connectivity index (χ2n) is 3.52. The largest absolute Gasteiger partial charge is 0.399 e. The van der Waals surface area contributed by atoms with Crippen LogP contribution in [0.15, 0.2) is 24.3 Å². The van der Waals surface area contributed by atoms with Gasteiger partial charge in [-0.3, -0.25) is 0 Å². The Kier molecular flexibility index (Phi) is 4.61. The van der Waals surface area contributed by atoms with Gasteiger partial charge in [-0.25, -0.2) is 0 Å². The smallest absolute Gasteiger partial charge is 0.389 e. The maximum Gasteiger partial charge on any atom is 0.389 e. The third kappa shape index (κ3) is 5.60. The number of nitrogen functional groups attached to an aromatic ring is 1. The molecule has 0 atom stereocenters. The molecular formula is C11H14F3NO. The lowest BCUT2D eigenvalue weighted by molar-refractivity contribution is -0.138. The fourth-order valence-electron chi connectivity index (χ4n) is 1.25. The van der Waals surface area contributed by atoms with Crippen molar-refractivity contribution in [3.05, 3.63) is 29.8 Å². The summed E-state index contributed by atoms with van der Waals surface area (Å²) < 4.78 is 40.5. The summed E-state index contributed by atoms with van der Waals surface area (Å²) >= 11 is 0. The Labute approximate surface area is 92.2 Å². The van der Waals surface area contributed by atoms with Gasteiger partial charge in [0, 0.05) is 18.7 Å². The lowest BCUT2D eigenvalue weighted by Gasteiger charge is -2.07. The van der Waals surface area contributed by atoms with Crippen LogP contribution in [0, 0.1) is 0 Å². The van der Waals surface area contributed by atoms with Crippen molar-refractivity contribution in [2.45, 2.75) is 25.6 Å². The van der Waals surface area contributed by atoms with E-state index >= 15 is 0 Å². The lowest BCUT2D eigenvalue weighted by Crippen LogP contribution is -2.08. The standard InChI is InChI=1S/C11H14F3NO/c12-11(13,14)5-2-6-16-8-9-3-1-4-10(15)7-9/h1,3-4,7H,2,5-6,8,15H2. The number of ether oxygens (including phenoxy) is 1. The highest BCUT2D eigenvalue weighted by Crippen LogP contribution is 2.21. The molecule has 0 heterocycles. The number of hydrogen-bond donors (Lipinski definition) is 1. The molecule has 0 aliphatic rings. The fraction of sp³-hybridized carbons (Fsp3) is 0.455. The zero-order valence-corrected chi connectivity index (χ0v) is 8.76. The van der Waals surface area contributed by atoms with Crippen molar-refractivity contribution in [3.8, 4) is 0 Å².